The van der Waals surface area contributed by atoms with Gasteiger partial charge in [-0.2, -0.15) is 0 Å². The van der Waals surface area contributed by atoms with Crippen molar-refractivity contribution in [2.24, 2.45) is 0 Å². The van der Waals surface area contributed by atoms with Crippen LogP contribution in [0.25, 0.3) is 0 Å². The summed E-state index contributed by atoms with van der Waals surface area (Å²) in [6.45, 7) is 0.873. The fourth-order valence-electron chi connectivity index (χ4n) is 3.49. The highest BCUT2D eigenvalue weighted by Gasteiger charge is 2.50. The zero-order chi connectivity index (χ0) is 18.9. The van der Waals surface area contributed by atoms with Crippen LogP contribution in [-0.4, -0.2) is 25.0 Å². The molecule has 5 nitrogen and oxygen atoms in total. The predicted octanol–water partition coefficient (Wildman–Crippen LogP) is 3.56. The van der Waals surface area contributed by atoms with Crippen LogP contribution >= 0.6 is 15.9 Å². The van der Waals surface area contributed by atoms with Crippen LogP contribution in [0.3, 0.4) is 0 Å². The number of benzene rings is 2. The highest BCUT2D eigenvalue weighted by atomic mass is 79.9. The number of anilines is 1. The van der Waals surface area contributed by atoms with Crippen molar-refractivity contribution in [3.63, 3.8) is 0 Å². The lowest BCUT2D eigenvalue weighted by molar-refractivity contribution is -0.123. The van der Waals surface area contributed by atoms with E-state index in [1.54, 1.807) is 0 Å². The van der Waals surface area contributed by atoms with Crippen molar-refractivity contribution in [1.82, 2.24) is 5.32 Å². The van der Waals surface area contributed by atoms with Crippen LogP contribution in [-0.2, 0) is 21.4 Å². The fraction of sp³-hybridized carbons (Fsp3) is 0.333. The van der Waals surface area contributed by atoms with Crippen molar-refractivity contribution < 1.29 is 14.3 Å². The second-order valence-electron chi connectivity index (χ2n) is 7.06. The molecule has 2 aliphatic rings. The van der Waals surface area contributed by atoms with Crippen LogP contribution in [0.4, 0.5) is 5.69 Å². The number of nitrogens with one attached hydrogen (secondary N) is 2. The topological polar surface area (TPSA) is 67.4 Å². The van der Waals surface area contributed by atoms with Crippen LogP contribution in [0.1, 0.15) is 30.4 Å². The Hall–Kier alpha value is -2.34. The molecule has 0 unspecified atom stereocenters. The van der Waals surface area contributed by atoms with E-state index in [9.17, 15) is 9.59 Å². The number of fused-ring (bicyclic) bond motifs is 1. The smallest absolute Gasteiger partial charge is 0.230 e. The van der Waals surface area contributed by atoms with Gasteiger partial charge in [0, 0.05) is 16.6 Å². The molecule has 140 valence electrons. The van der Waals surface area contributed by atoms with Gasteiger partial charge in [0.1, 0.15) is 12.4 Å². The van der Waals surface area contributed by atoms with Crippen molar-refractivity contribution in [1.29, 1.82) is 0 Å². The number of aryl methyl sites for hydroxylation is 1. The van der Waals surface area contributed by atoms with Crippen molar-refractivity contribution in [3.05, 3.63) is 58.1 Å². The number of ether oxygens (including phenoxy) is 1. The summed E-state index contributed by atoms with van der Waals surface area (Å²) in [7, 11) is 0. The van der Waals surface area contributed by atoms with Gasteiger partial charge in [-0.15, -0.1) is 0 Å². The molecule has 2 N–H and O–H groups in total. The van der Waals surface area contributed by atoms with E-state index in [4.69, 9.17) is 4.74 Å². The minimum Gasteiger partial charge on any atom is -0.492 e. The molecule has 6 heteroatoms. The molecule has 2 aromatic carbocycles. The van der Waals surface area contributed by atoms with Gasteiger partial charge < -0.3 is 15.4 Å². The number of amides is 2. The number of hydrogen-bond donors (Lipinski definition) is 2. The molecule has 0 bridgehead atoms. The van der Waals surface area contributed by atoms with E-state index in [1.165, 1.54) is 0 Å². The number of halogens is 1. The third-order valence-corrected chi connectivity index (χ3v) is 5.74. The lowest BCUT2D eigenvalue weighted by Gasteiger charge is -2.18. The molecule has 4 rings (SSSR count). The molecule has 1 aliphatic carbocycles. The Morgan fingerprint density at radius 3 is 2.67 bits per heavy atom. The maximum absolute atomic E-state index is 12.6. The fourth-order valence-corrected chi connectivity index (χ4v) is 3.76. The van der Waals surface area contributed by atoms with Gasteiger partial charge in [0.2, 0.25) is 11.8 Å². The molecule has 0 saturated heterocycles. The molecule has 1 aliphatic heterocycles. The van der Waals surface area contributed by atoms with Gasteiger partial charge >= 0.3 is 0 Å². The van der Waals surface area contributed by atoms with E-state index in [0.717, 1.165) is 46.3 Å². The first-order chi connectivity index (χ1) is 13.1. The van der Waals surface area contributed by atoms with Gasteiger partial charge in [0.05, 0.1) is 12.0 Å². The Kier molecular flexibility index (Phi) is 4.91. The Labute approximate surface area is 166 Å². The normalized spacial score (nSPS) is 16.9. The maximum Gasteiger partial charge on any atom is 0.230 e. The largest absolute Gasteiger partial charge is 0.492 e. The highest BCUT2D eigenvalue weighted by molar-refractivity contribution is 9.10. The lowest BCUT2D eigenvalue weighted by Crippen LogP contribution is -2.37. The first-order valence-electron chi connectivity index (χ1n) is 9.17. The second-order valence-corrected chi connectivity index (χ2v) is 7.98. The molecule has 0 aromatic heterocycles. The summed E-state index contributed by atoms with van der Waals surface area (Å²) in [5.41, 5.74) is 2.64. The van der Waals surface area contributed by atoms with E-state index in [2.05, 4.69) is 26.6 Å². The van der Waals surface area contributed by atoms with Gasteiger partial charge in [-0.25, -0.2) is 0 Å². The lowest BCUT2D eigenvalue weighted by atomic mass is 9.95. The van der Waals surface area contributed by atoms with Crippen LogP contribution in [0.5, 0.6) is 5.75 Å². The number of carbonyl (C=O) groups is 2. The van der Waals surface area contributed by atoms with Crippen molar-refractivity contribution in [2.45, 2.75) is 31.1 Å². The van der Waals surface area contributed by atoms with Crippen molar-refractivity contribution in [2.75, 3.05) is 18.5 Å². The number of carbonyl (C=O) groups excluding carboxylic acids is 2. The van der Waals surface area contributed by atoms with Crippen molar-refractivity contribution in [3.8, 4) is 5.75 Å². The van der Waals surface area contributed by atoms with Gasteiger partial charge in [-0.1, -0.05) is 28.1 Å². The molecular formula is C21H21BrN2O3. The van der Waals surface area contributed by atoms with Crippen LogP contribution < -0.4 is 15.4 Å². The van der Waals surface area contributed by atoms with Crippen molar-refractivity contribution >= 4 is 33.4 Å². The van der Waals surface area contributed by atoms with Gasteiger partial charge in [0.15, 0.2) is 0 Å². The first kappa shape index (κ1) is 18.0. The minimum atomic E-state index is -0.370. The summed E-state index contributed by atoms with van der Waals surface area (Å²) >= 11 is 3.43. The summed E-state index contributed by atoms with van der Waals surface area (Å²) in [5.74, 6) is 0.883. The predicted molar refractivity (Wildman–Crippen MR) is 107 cm³/mol. The first-order valence-corrected chi connectivity index (χ1v) is 9.96. The van der Waals surface area contributed by atoms with E-state index in [1.807, 2.05) is 42.5 Å². The summed E-state index contributed by atoms with van der Waals surface area (Å²) in [5, 5.41) is 5.86. The molecule has 27 heavy (non-hydrogen) atoms. The average molecular weight is 429 g/mol. The standard InChI is InChI=1S/C21H21BrN2O3/c22-16-4-2-15(3-5-16)21(9-10-21)20(26)23-11-12-27-17-6-7-18-14(13-17)1-8-19(25)24-18/h2-7,13H,1,8-12H2,(H,23,26)(H,24,25). The van der Waals surface area contributed by atoms with E-state index < -0.39 is 0 Å². The minimum absolute atomic E-state index is 0.0543. The molecular weight excluding hydrogens is 408 g/mol. The SMILES string of the molecule is O=C1CCc2cc(OCCNC(=O)C3(c4ccc(Br)cc4)CC3)ccc2N1. The quantitative estimate of drug-likeness (QED) is 0.691. The summed E-state index contributed by atoms with van der Waals surface area (Å²) < 4.78 is 6.78. The van der Waals surface area contributed by atoms with E-state index >= 15 is 0 Å². The Morgan fingerprint density at radius 1 is 1.15 bits per heavy atom. The number of hydrogen-bond acceptors (Lipinski definition) is 3. The van der Waals surface area contributed by atoms with Gasteiger partial charge in [-0.3, -0.25) is 9.59 Å². The van der Waals surface area contributed by atoms with Gasteiger partial charge in [0.25, 0.3) is 0 Å². The van der Waals surface area contributed by atoms with E-state index in [-0.39, 0.29) is 17.2 Å². The third-order valence-electron chi connectivity index (χ3n) is 5.21. The zero-order valence-corrected chi connectivity index (χ0v) is 16.5. The molecule has 1 fully saturated rings. The summed E-state index contributed by atoms with van der Waals surface area (Å²) in [6.07, 6.45) is 3.01. The third kappa shape index (κ3) is 3.86. The zero-order valence-electron chi connectivity index (χ0n) is 14.9. The molecule has 2 amide bonds. The van der Waals surface area contributed by atoms with Gasteiger partial charge in [-0.05, 0) is 60.7 Å². The highest BCUT2D eigenvalue weighted by Crippen LogP contribution is 2.48. The summed E-state index contributed by atoms with van der Waals surface area (Å²) in [6, 6.07) is 13.6. The van der Waals surface area contributed by atoms with Crippen LogP contribution in [0.2, 0.25) is 0 Å². The molecule has 1 saturated carbocycles. The number of rotatable bonds is 6. The molecule has 2 aromatic rings. The Balaban J connectivity index is 1.28. The van der Waals surface area contributed by atoms with Crippen LogP contribution in [0, 0.1) is 0 Å². The molecule has 0 atom stereocenters. The second kappa shape index (κ2) is 7.35. The monoisotopic (exact) mass is 428 g/mol. The average Bonchev–Trinajstić information content (AvgIpc) is 3.47. The maximum atomic E-state index is 12.6. The molecule has 0 spiro atoms. The van der Waals surface area contributed by atoms with Crippen LogP contribution in [0.15, 0.2) is 46.9 Å². The summed E-state index contributed by atoms with van der Waals surface area (Å²) in [4.78, 5) is 24.0. The van der Waals surface area contributed by atoms with E-state index in [0.29, 0.717) is 19.6 Å². The Morgan fingerprint density at radius 2 is 1.93 bits per heavy atom. The molecule has 0 radical (unpaired) electrons. The molecule has 1 heterocycles. The Bertz CT molecular complexity index is 875.